The molecule has 0 amide bonds. The molecular formula is C12H26N2. The van der Waals surface area contributed by atoms with Gasteiger partial charge in [-0.15, -0.1) is 0 Å². The quantitative estimate of drug-likeness (QED) is 0.708. The predicted molar refractivity (Wildman–Crippen MR) is 62.3 cm³/mol. The summed E-state index contributed by atoms with van der Waals surface area (Å²) >= 11 is 0. The molecule has 0 aliphatic heterocycles. The molecular weight excluding hydrogens is 172 g/mol. The van der Waals surface area contributed by atoms with Gasteiger partial charge in [-0.1, -0.05) is 26.7 Å². The lowest BCUT2D eigenvalue weighted by Gasteiger charge is -2.26. The van der Waals surface area contributed by atoms with Gasteiger partial charge in [0.05, 0.1) is 0 Å². The summed E-state index contributed by atoms with van der Waals surface area (Å²) in [6.07, 6.45) is 5.78. The number of hydrogen-bond donors (Lipinski definition) is 1. The maximum absolute atomic E-state index is 5.64. The van der Waals surface area contributed by atoms with Crippen LogP contribution in [0, 0.1) is 11.8 Å². The molecule has 1 aliphatic rings. The van der Waals surface area contributed by atoms with Crippen LogP contribution in [0.4, 0.5) is 0 Å². The average Bonchev–Trinajstić information content (AvgIpc) is 2.56. The summed E-state index contributed by atoms with van der Waals surface area (Å²) in [7, 11) is 0. The topological polar surface area (TPSA) is 29.3 Å². The van der Waals surface area contributed by atoms with Gasteiger partial charge in [0.2, 0.25) is 0 Å². The molecule has 2 heteroatoms. The fourth-order valence-corrected chi connectivity index (χ4v) is 2.51. The van der Waals surface area contributed by atoms with Crippen molar-refractivity contribution in [2.45, 2.75) is 39.5 Å². The first kappa shape index (κ1) is 12.0. The van der Waals surface area contributed by atoms with Crippen molar-refractivity contribution in [3.8, 4) is 0 Å². The van der Waals surface area contributed by atoms with Crippen LogP contribution in [0.25, 0.3) is 0 Å². The highest BCUT2D eigenvalue weighted by Gasteiger charge is 2.18. The molecule has 0 atom stereocenters. The molecule has 0 aromatic heterocycles. The van der Waals surface area contributed by atoms with Gasteiger partial charge in [-0.2, -0.15) is 0 Å². The third-order valence-electron chi connectivity index (χ3n) is 3.06. The zero-order valence-corrected chi connectivity index (χ0v) is 9.84. The highest BCUT2D eigenvalue weighted by atomic mass is 15.1. The van der Waals surface area contributed by atoms with Crippen molar-refractivity contribution in [2.75, 3.05) is 26.2 Å². The van der Waals surface area contributed by atoms with Crippen LogP contribution in [0.5, 0.6) is 0 Å². The van der Waals surface area contributed by atoms with E-state index in [-0.39, 0.29) is 0 Å². The molecule has 0 aromatic rings. The third-order valence-corrected chi connectivity index (χ3v) is 3.06. The minimum absolute atomic E-state index is 0.767. The van der Waals surface area contributed by atoms with Crippen LogP contribution in [-0.4, -0.2) is 31.1 Å². The summed E-state index contributed by atoms with van der Waals surface area (Å²) < 4.78 is 0. The van der Waals surface area contributed by atoms with Gasteiger partial charge >= 0.3 is 0 Å². The molecule has 0 heterocycles. The maximum atomic E-state index is 5.64. The van der Waals surface area contributed by atoms with E-state index < -0.39 is 0 Å². The van der Waals surface area contributed by atoms with Crippen LogP contribution in [0.3, 0.4) is 0 Å². The fraction of sp³-hybridized carbons (Fsp3) is 1.00. The van der Waals surface area contributed by atoms with E-state index >= 15 is 0 Å². The van der Waals surface area contributed by atoms with E-state index in [9.17, 15) is 0 Å². The molecule has 0 radical (unpaired) electrons. The van der Waals surface area contributed by atoms with Crippen molar-refractivity contribution in [3.63, 3.8) is 0 Å². The van der Waals surface area contributed by atoms with E-state index in [4.69, 9.17) is 5.73 Å². The van der Waals surface area contributed by atoms with E-state index in [0.29, 0.717) is 0 Å². The number of nitrogens with zero attached hydrogens (tertiary/aromatic N) is 1. The van der Waals surface area contributed by atoms with Crippen LogP contribution >= 0.6 is 0 Å². The fourth-order valence-electron chi connectivity index (χ4n) is 2.51. The predicted octanol–water partition coefficient (Wildman–Crippen LogP) is 2.09. The molecule has 1 aliphatic carbocycles. The lowest BCUT2D eigenvalue weighted by molar-refractivity contribution is 0.214. The summed E-state index contributed by atoms with van der Waals surface area (Å²) in [5, 5.41) is 0. The lowest BCUT2D eigenvalue weighted by atomic mass is 10.1. The lowest BCUT2D eigenvalue weighted by Crippen LogP contribution is -2.36. The Labute approximate surface area is 88.8 Å². The SMILES string of the molecule is CC(C)CN(CCN)CC1CCCC1. The summed E-state index contributed by atoms with van der Waals surface area (Å²) in [5.74, 6) is 1.73. The van der Waals surface area contributed by atoms with E-state index in [1.807, 2.05) is 0 Å². The van der Waals surface area contributed by atoms with Gasteiger partial charge in [-0.05, 0) is 24.7 Å². The summed E-state index contributed by atoms with van der Waals surface area (Å²) in [5.41, 5.74) is 5.64. The number of nitrogens with two attached hydrogens (primary N) is 1. The Bertz CT molecular complexity index is 139. The Balaban J connectivity index is 2.25. The molecule has 84 valence electrons. The molecule has 1 rings (SSSR count). The minimum atomic E-state index is 0.767. The van der Waals surface area contributed by atoms with E-state index in [0.717, 1.165) is 24.9 Å². The standard InChI is InChI=1S/C12H26N2/c1-11(2)9-14(8-7-13)10-12-5-3-4-6-12/h11-12H,3-10,13H2,1-2H3. The monoisotopic (exact) mass is 198 g/mol. The zero-order chi connectivity index (χ0) is 10.4. The summed E-state index contributed by atoms with van der Waals surface area (Å²) in [6, 6.07) is 0. The molecule has 0 unspecified atom stereocenters. The van der Waals surface area contributed by atoms with Crippen molar-refractivity contribution < 1.29 is 0 Å². The molecule has 1 saturated carbocycles. The van der Waals surface area contributed by atoms with Gasteiger partial charge in [0.1, 0.15) is 0 Å². The molecule has 0 bridgehead atoms. The second-order valence-electron chi connectivity index (χ2n) is 5.09. The Hall–Kier alpha value is -0.0800. The van der Waals surface area contributed by atoms with Crippen molar-refractivity contribution in [2.24, 2.45) is 17.6 Å². The van der Waals surface area contributed by atoms with Crippen LogP contribution in [0.15, 0.2) is 0 Å². The third kappa shape index (κ3) is 4.43. The van der Waals surface area contributed by atoms with Gasteiger partial charge in [-0.3, -0.25) is 0 Å². The minimum Gasteiger partial charge on any atom is -0.329 e. The average molecular weight is 198 g/mol. The van der Waals surface area contributed by atoms with Crippen molar-refractivity contribution in [1.82, 2.24) is 4.90 Å². The zero-order valence-electron chi connectivity index (χ0n) is 9.84. The second kappa shape index (κ2) is 6.41. The van der Waals surface area contributed by atoms with Crippen LogP contribution < -0.4 is 5.73 Å². The first-order chi connectivity index (χ1) is 6.72. The molecule has 2 nitrogen and oxygen atoms in total. The van der Waals surface area contributed by atoms with Crippen LogP contribution in [0.1, 0.15) is 39.5 Å². The highest BCUT2D eigenvalue weighted by molar-refractivity contribution is 4.72. The molecule has 2 N–H and O–H groups in total. The first-order valence-electron chi connectivity index (χ1n) is 6.14. The van der Waals surface area contributed by atoms with Gasteiger partial charge in [0, 0.05) is 26.2 Å². The van der Waals surface area contributed by atoms with Gasteiger partial charge in [-0.25, -0.2) is 0 Å². The second-order valence-corrected chi connectivity index (χ2v) is 5.09. The summed E-state index contributed by atoms with van der Waals surface area (Å²) in [4.78, 5) is 2.56. The van der Waals surface area contributed by atoms with Crippen molar-refractivity contribution in [3.05, 3.63) is 0 Å². The molecule has 14 heavy (non-hydrogen) atoms. The maximum Gasteiger partial charge on any atom is 0.0105 e. The molecule has 0 aromatic carbocycles. The van der Waals surface area contributed by atoms with E-state index in [1.54, 1.807) is 0 Å². The Morgan fingerprint density at radius 1 is 1.29 bits per heavy atom. The largest absolute Gasteiger partial charge is 0.329 e. The highest BCUT2D eigenvalue weighted by Crippen LogP contribution is 2.25. The number of hydrogen-bond acceptors (Lipinski definition) is 2. The van der Waals surface area contributed by atoms with E-state index in [2.05, 4.69) is 18.7 Å². The smallest absolute Gasteiger partial charge is 0.0105 e. The van der Waals surface area contributed by atoms with Crippen molar-refractivity contribution in [1.29, 1.82) is 0 Å². The van der Waals surface area contributed by atoms with Crippen LogP contribution in [0.2, 0.25) is 0 Å². The Morgan fingerprint density at radius 3 is 2.43 bits per heavy atom. The van der Waals surface area contributed by atoms with Gasteiger partial charge < -0.3 is 10.6 Å². The van der Waals surface area contributed by atoms with Gasteiger partial charge in [0.25, 0.3) is 0 Å². The summed E-state index contributed by atoms with van der Waals surface area (Å²) in [6.45, 7) is 8.97. The molecule has 0 spiro atoms. The van der Waals surface area contributed by atoms with Crippen molar-refractivity contribution >= 4 is 0 Å². The molecule has 0 saturated heterocycles. The van der Waals surface area contributed by atoms with Crippen LogP contribution in [-0.2, 0) is 0 Å². The van der Waals surface area contributed by atoms with Gasteiger partial charge in [0.15, 0.2) is 0 Å². The van der Waals surface area contributed by atoms with E-state index in [1.165, 1.54) is 38.8 Å². The normalized spacial score (nSPS) is 18.6. The first-order valence-corrected chi connectivity index (χ1v) is 6.14. The Kier molecular flexibility index (Phi) is 5.49. The Morgan fingerprint density at radius 2 is 1.93 bits per heavy atom. The number of rotatable bonds is 6. The molecule has 1 fully saturated rings.